The van der Waals surface area contributed by atoms with Crippen LogP contribution in [0.2, 0.25) is 0 Å². The molecule has 3 aromatic carbocycles. The first kappa shape index (κ1) is 26.3. The number of hydrogen-bond acceptors (Lipinski definition) is 2. The molecule has 0 spiro atoms. The van der Waals surface area contributed by atoms with Crippen molar-refractivity contribution in [3.05, 3.63) is 150 Å². The lowest BCUT2D eigenvalue weighted by Crippen LogP contribution is -2.12. The van der Waals surface area contributed by atoms with Crippen LogP contribution in [0.15, 0.2) is 121 Å². The molecule has 0 bridgehead atoms. The van der Waals surface area contributed by atoms with Gasteiger partial charge in [0, 0.05) is 17.0 Å². The van der Waals surface area contributed by atoms with Gasteiger partial charge >= 0.3 is 0 Å². The number of carbonyl (C=O) groups excluding carboxylic acids is 2. The minimum absolute atomic E-state index is 0.130. The summed E-state index contributed by atoms with van der Waals surface area (Å²) in [5, 5.41) is 0. The van der Waals surface area contributed by atoms with E-state index >= 15 is 0 Å². The van der Waals surface area contributed by atoms with E-state index < -0.39 is 5.92 Å². The van der Waals surface area contributed by atoms with E-state index in [0.29, 0.717) is 11.1 Å². The van der Waals surface area contributed by atoms with Gasteiger partial charge in [0.05, 0.1) is 0 Å². The number of benzene rings is 3. The van der Waals surface area contributed by atoms with Gasteiger partial charge in [0.15, 0.2) is 11.6 Å². The summed E-state index contributed by atoms with van der Waals surface area (Å²) in [6.45, 7) is 0. The molecule has 2 nitrogen and oxygen atoms in total. The van der Waals surface area contributed by atoms with E-state index in [1.807, 2.05) is 6.07 Å². The van der Waals surface area contributed by atoms with Gasteiger partial charge in [-0.1, -0.05) is 66.8 Å². The summed E-state index contributed by atoms with van der Waals surface area (Å²) in [6, 6.07) is 19.9. The molecule has 0 heterocycles. The van der Waals surface area contributed by atoms with Crippen LogP contribution in [0.5, 0.6) is 0 Å². The molecule has 0 aliphatic heterocycles. The molecular formula is C30H22F4O2. The normalized spacial score (nSPS) is 14.6. The lowest BCUT2D eigenvalue weighted by molar-refractivity contribution is 0.103. The van der Waals surface area contributed by atoms with Crippen molar-refractivity contribution >= 4 is 17.6 Å². The average molecular weight is 490 g/mol. The summed E-state index contributed by atoms with van der Waals surface area (Å²) in [7, 11) is 0. The smallest absolute Gasteiger partial charge is 0.284 e. The number of rotatable bonds is 6. The summed E-state index contributed by atoms with van der Waals surface area (Å²) < 4.78 is 50.9. The maximum absolute atomic E-state index is 12.8. The minimum Gasteiger partial charge on any atom is -0.289 e. The lowest BCUT2D eigenvalue weighted by atomic mass is 10.00. The molecule has 4 rings (SSSR count). The first-order valence-electron chi connectivity index (χ1n) is 11.0. The Hall–Kier alpha value is -4.32. The quantitative estimate of drug-likeness (QED) is 0.154. The highest BCUT2D eigenvalue weighted by Crippen LogP contribution is 2.24. The van der Waals surface area contributed by atoms with Crippen molar-refractivity contribution in [3.8, 4) is 0 Å². The molecule has 6 heteroatoms. The highest BCUT2D eigenvalue weighted by molar-refractivity contribution is 6.06. The van der Waals surface area contributed by atoms with Crippen LogP contribution < -0.4 is 0 Å². The van der Waals surface area contributed by atoms with Crippen molar-refractivity contribution in [2.75, 3.05) is 0 Å². The van der Waals surface area contributed by atoms with Crippen molar-refractivity contribution < 1.29 is 27.2 Å². The van der Waals surface area contributed by atoms with E-state index in [2.05, 4.69) is 0 Å². The molecule has 182 valence electrons. The van der Waals surface area contributed by atoms with Crippen LogP contribution in [0, 0.1) is 17.6 Å². The molecule has 0 N–H and O–H groups in total. The molecule has 0 fully saturated rings. The van der Waals surface area contributed by atoms with Crippen LogP contribution in [0.1, 0.15) is 26.3 Å². The van der Waals surface area contributed by atoms with E-state index in [0.717, 1.165) is 17.7 Å². The molecule has 1 aliphatic carbocycles. The predicted molar refractivity (Wildman–Crippen MR) is 133 cm³/mol. The van der Waals surface area contributed by atoms with Gasteiger partial charge in [0.2, 0.25) is 0 Å². The van der Waals surface area contributed by atoms with Crippen LogP contribution in [0.3, 0.4) is 0 Å². The Morgan fingerprint density at radius 2 is 1.17 bits per heavy atom. The van der Waals surface area contributed by atoms with Gasteiger partial charge in [0.25, 0.3) is 5.92 Å². The Kier molecular flexibility index (Phi) is 9.06. The fourth-order valence-electron chi connectivity index (χ4n) is 3.08. The largest absolute Gasteiger partial charge is 0.289 e. The third-order valence-electron chi connectivity index (χ3n) is 5.04. The van der Waals surface area contributed by atoms with Gasteiger partial charge in [0.1, 0.15) is 11.6 Å². The first-order chi connectivity index (χ1) is 17.2. The number of halogens is 4. The van der Waals surface area contributed by atoms with E-state index in [-0.39, 0.29) is 29.1 Å². The van der Waals surface area contributed by atoms with Gasteiger partial charge < -0.3 is 0 Å². The van der Waals surface area contributed by atoms with Gasteiger partial charge in [-0.25, -0.2) is 8.78 Å². The fourth-order valence-corrected chi connectivity index (χ4v) is 3.08. The third kappa shape index (κ3) is 8.47. The van der Waals surface area contributed by atoms with Gasteiger partial charge in [-0.05, 0) is 66.3 Å². The molecule has 0 atom stereocenters. The molecule has 36 heavy (non-hydrogen) atoms. The van der Waals surface area contributed by atoms with Gasteiger partial charge in [-0.15, -0.1) is 0 Å². The molecule has 0 amide bonds. The van der Waals surface area contributed by atoms with E-state index in [1.54, 1.807) is 48.6 Å². The summed E-state index contributed by atoms with van der Waals surface area (Å²) in [6.07, 6.45) is 10.4. The van der Waals surface area contributed by atoms with Crippen LogP contribution in [0.4, 0.5) is 17.6 Å². The second-order valence-electron chi connectivity index (χ2n) is 7.82. The molecular weight excluding hydrogens is 468 g/mol. The van der Waals surface area contributed by atoms with E-state index in [4.69, 9.17) is 0 Å². The topological polar surface area (TPSA) is 34.1 Å². The van der Waals surface area contributed by atoms with Crippen LogP contribution in [0.25, 0.3) is 6.08 Å². The molecule has 0 unspecified atom stereocenters. The number of ketones is 2. The number of hydrogen-bond donors (Lipinski definition) is 0. The summed E-state index contributed by atoms with van der Waals surface area (Å²) in [5.41, 5.74) is 1.73. The van der Waals surface area contributed by atoms with Crippen LogP contribution >= 0.6 is 0 Å². The molecule has 0 saturated heterocycles. The van der Waals surface area contributed by atoms with Crippen LogP contribution in [-0.2, 0) is 0 Å². The summed E-state index contributed by atoms with van der Waals surface area (Å²) in [4.78, 5) is 23.4. The molecule has 0 aromatic heterocycles. The molecule has 3 aromatic rings. The number of alkyl halides is 2. The summed E-state index contributed by atoms with van der Waals surface area (Å²) >= 11 is 0. The molecule has 0 radical (unpaired) electrons. The second-order valence-corrected chi connectivity index (χ2v) is 7.82. The second kappa shape index (κ2) is 12.4. The van der Waals surface area contributed by atoms with Gasteiger partial charge in [-0.2, -0.15) is 8.78 Å². The Morgan fingerprint density at radius 1 is 0.667 bits per heavy atom. The SMILES string of the molecule is O=C(/C=C/C1C=CC(F)(F)C=C1)c1ccccc1.O=C(/C=C/c1ccc(F)cc1)c1ccc(F)cc1. The van der Waals surface area contributed by atoms with Crippen molar-refractivity contribution in [2.45, 2.75) is 5.92 Å². The highest BCUT2D eigenvalue weighted by atomic mass is 19.3. The van der Waals surface area contributed by atoms with Crippen molar-refractivity contribution in [1.29, 1.82) is 0 Å². The van der Waals surface area contributed by atoms with E-state index in [1.165, 1.54) is 60.7 Å². The predicted octanol–water partition coefficient (Wildman–Crippen LogP) is 7.66. The minimum atomic E-state index is -2.87. The Morgan fingerprint density at radius 3 is 1.75 bits per heavy atom. The number of allylic oxidation sites excluding steroid dienone is 7. The van der Waals surface area contributed by atoms with Crippen molar-refractivity contribution in [3.63, 3.8) is 0 Å². The maximum atomic E-state index is 12.8. The van der Waals surface area contributed by atoms with Crippen molar-refractivity contribution in [1.82, 2.24) is 0 Å². The zero-order valence-corrected chi connectivity index (χ0v) is 19.0. The monoisotopic (exact) mass is 490 g/mol. The van der Waals surface area contributed by atoms with Crippen molar-refractivity contribution in [2.24, 2.45) is 5.92 Å². The zero-order chi connectivity index (χ0) is 26.0. The maximum Gasteiger partial charge on any atom is 0.284 e. The Balaban J connectivity index is 0.000000201. The molecule has 1 aliphatic rings. The standard InChI is InChI=1S/C15H10F2O.C15H12F2O/c16-13-6-1-11(2-7-13)3-10-15(18)12-4-8-14(17)9-5-12;16-15(17)10-8-12(9-11-15)6-7-14(18)13-4-2-1-3-5-13/h1-10H;1-12H/b10-3+;7-6+. The number of carbonyl (C=O) groups is 2. The van der Waals surface area contributed by atoms with Crippen LogP contribution in [-0.4, -0.2) is 17.5 Å². The Bertz CT molecular complexity index is 1270. The van der Waals surface area contributed by atoms with Gasteiger partial charge in [-0.3, -0.25) is 9.59 Å². The average Bonchev–Trinajstić information content (AvgIpc) is 2.89. The Labute approximate surface area is 206 Å². The fraction of sp³-hybridized carbons (Fsp3) is 0.0667. The lowest BCUT2D eigenvalue weighted by Gasteiger charge is -2.13. The molecule has 0 saturated carbocycles. The zero-order valence-electron chi connectivity index (χ0n) is 19.0. The van der Waals surface area contributed by atoms with E-state index in [9.17, 15) is 27.2 Å². The third-order valence-corrected chi connectivity index (χ3v) is 5.04. The highest BCUT2D eigenvalue weighted by Gasteiger charge is 2.23. The first-order valence-corrected chi connectivity index (χ1v) is 11.0. The summed E-state index contributed by atoms with van der Waals surface area (Å²) in [5.74, 6) is -4.18.